The van der Waals surface area contributed by atoms with Crippen LogP contribution in [0.15, 0.2) is 0 Å². The molecule has 0 radical (unpaired) electrons. The monoisotopic (exact) mass is 254 g/mol. The van der Waals surface area contributed by atoms with Crippen LogP contribution in [0.5, 0.6) is 0 Å². The van der Waals surface area contributed by atoms with Gasteiger partial charge in [0.05, 0.1) is 6.61 Å². The van der Waals surface area contributed by atoms with Gasteiger partial charge in [0.1, 0.15) is 6.61 Å². The predicted octanol–water partition coefficient (Wildman–Crippen LogP) is 0.617. The number of ether oxygens (including phenoxy) is 1. The first-order valence-corrected chi connectivity index (χ1v) is 5.36. The van der Waals surface area contributed by atoms with Crippen molar-refractivity contribution < 1.29 is 14.6 Å². The van der Waals surface area contributed by atoms with Crippen LogP contribution in [-0.4, -0.2) is 46.7 Å². The topological polar surface area (TPSA) is 75.8 Å². The average Bonchev–Trinajstić information content (AvgIpc) is 2.15. The second kappa shape index (κ2) is 11.5. The Morgan fingerprint density at radius 3 is 2.20 bits per heavy atom. The van der Waals surface area contributed by atoms with Crippen molar-refractivity contribution in [3.05, 3.63) is 0 Å². The van der Waals surface area contributed by atoms with Crippen molar-refractivity contribution in [2.24, 2.45) is 5.73 Å². The molecule has 90 valence electrons. The molecule has 0 unspecified atom stereocenters. The first-order valence-electron chi connectivity index (χ1n) is 4.50. The molecule has 0 aliphatic rings. The highest BCUT2D eigenvalue weighted by atomic mass is 32.1. The minimum Gasteiger partial charge on any atom is -0.468 e. The number of amides is 1. The Morgan fingerprint density at radius 1 is 1.53 bits per heavy atom. The number of primary amides is 1. The summed E-state index contributed by atoms with van der Waals surface area (Å²) in [4.78, 5) is 11.0. The fourth-order valence-corrected chi connectivity index (χ4v) is 1.05. The summed E-state index contributed by atoms with van der Waals surface area (Å²) in [6, 6.07) is 0. The normalized spacial score (nSPS) is 8.53. The third kappa shape index (κ3) is 13.5. The minimum atomic E-state index is -0.639. The van der Waals surface area contributed by atoms with Crippen LogP contribution in [0.1, 0.15) is 13.8 Å². The number of hydrogen-bond donors (Lipinski definition) is 3. The fourth-order valence-electron chi connectivity index (χ4n) is 0.706. The number of aliphatic hydroxyl groups is 1. The third-order valence-corrected chi connectivity index (χ3v) is 1.71. The van der Waals surface area contributed by atoms with E-state index in [2.05, 4.69) is 18.4 Å². The first kappa shape index (κ1) is 16.9. The number of nitrogens with two attached hydrogens (primary N) is 1. The number of thiocarbonyl (C=S) groups is 1. The zero-order chi connectivity index (χ0) is 12.3. The molecule has 0 rings (SSSR count). The van der Waals surface area contributed by atoms with E-state index in [0.717, 1.165) is 13.1 Å². The smallest absolute Gasteiger partial charge is 0.273 e. The number of aliphatic hydroxyl groups excluding tert-OH is 1. The summed E-state index contributed by atoms with van der Waals surface area (Å²) >= 11 is 8.04. The summed E-state index contributed by atoms with van der Waals surface area (Å²) in [6.07, 6.45) is 0. The van der Waals surface area contributed by atoms with Gasteiger partial charge < -0.3 is 20.5 Å². The molecular formula is C8H18N2O3S2. The van der Waals surface area contributed by atoms with Crippen molar-refractivity contribution in [3.63, 3.8) is 0 Å². The maximum absolute atomic E-state index is 9.09. The molecule has 0 aromatic carbocycles. The minimum absolute atomic E-state index is 0.0153. The van der Waals surface area contributed by atoms with E-state index in [1.165, 1.54) is 0 Å². The highest BCUT2D eigenvalue weighted by molar-refractivity contribution is 7.96. The maximum Gasteiger partial charge on any atom is 0.273 e. The second-order valence-corrected chi connectivity index (χ2v) is 3.14. The van der Waals surface area contributed by atoms with Crippen molar-refractivity contribution >= 4 is 35.3 Å². The summed E-state index contributed by atoms with van der Waals surface area (Å²) in [5.41, 5.74) is 4.34. The van der Waals surface area contributed by atoms with Crippen LogP contribution in [0.4, 0.5) is 4.79 Å². The van der Waals surface area contributed by atoms with Crippen LogP contribution in [0.2, 0.25) is 0 Å². The third-order valence-electron chi connectivity index (χ3n) is 1.34. The summed E-state index contributed by atoms with van der Waals surface area (Å²) in [6.45, 7) is 6.02. The number of carbonyl (C=O) groups is 1. The standard InChI is InChI=1S/C7H15NO2S.CH3NOS/c1-3-8(4-2)7(11)10-6-5-9;2-1(3)4/h9H,3-6H2,1-2H3;(H3,2,3,4). The van der Waals surface area contributed by atoms with E-state index < -0.39 is 5.24 Å². The molecule has 1 amide bonds. The number of thiol groups is 1. The molecule has 0 aliphatic carbocycles. The molecular weight excluding hydrogens is 236 g/mol. The van der Waals surface area contributed by atoms with E-state index in [0.29, 0.717) is 5.17 Å². The van der Waals surface area contributed by atoms with Gasteiger partial charge in [-0.3, -0.25) is 4.79 Å². The Hall–Kier alpha value is -0.530. The Labute approximate surface area is 101 Å². The molecule has 0 fully saturated rings. The van der Waals surface area contributed by atoms with Crippen molar-refractivity contribution in [1.29, 1.82) is 0 Å². The van der Waals surface area contributed by atoms with E-state index in [-0.39, 0.29) is 13.2 Å². The van der Waals surface area contributed by atoms with Crippen molar-refractivity contribution in [2.75, 3.05) is 26.3 Å². The Kier molecular flexibility index (Phi) is 13.0. The van der Waals surface area contributed by atoms with E-state index >= 15 is 0 Å². The zero-order valence-corrected chi connectivity index (χ0v) is 10.7. The Bertz CT molecular complexity index is 183. The molecule has 0 heterocycles. The van der Waals surface area contributed by atoms with Gasteiger partial charge in [0.25, 0.3) is 10.4 Å². The molecule has 0 saturated heterocycles. The average molecular weight is 254 g/mol. The first-order chi connectivity index (χ1) is 6.99. The van der Waals surface area contributed by atoms with Crippen LogP contribution in [0.25, 0.3) is 0 Å². The molecule has 0 aliphatic heterocycles. The maximum atomic E-state index is 9.09. The fraction of sp³-hybridized carbons (Fsp3) is 0.750. The number of carbonyl (C=O) groups excluding carboxylic acids is 1. The SMILES string of the molecule is CCN(CC)C(=S)OCCO.NC(=O)S. The largest absolute Gasteiger partial charge is 0.468 e. The molecule has 0 bridgehead atoms. The van der Waals surface area contributed by atoms with Gasteiger partial charge in [0.2, 0.25) is 0 Å². The lowest BCUT2D eigenvalue weighted by atomic mass is 10.6. The molecule has 5 nitrogen and oxygen atoms in total. The van der Waals surface area contributed by atoms with Gasteiger partial charge in [-0.2, -0.15) is 0 Å². The molecule has 7 heteroatoms. The van der Waals surface area contributed by atoms with Gasteiger partial charge in [-0.25, -0.2) is 0 Å². The molecule has 0 spiro atoms. The molecule has 15 heavy (non-hydrogen) atoms. The highest BCUT2D eigenvalue weighted by Gasteiger charge is 2.04. The van der Waals surface area contributed by atoms with Gasteiger partial charge >= 0.3 is 0 Å². The van der Waals surface area contributed by atoms with Crippen molar-refractivity contribution in [2.45, 2.75) is 13.8 Å². The molecule has 0 saturated carbocycles. The summed E-state index contributed by atoms with van der Waals surface area (Å²) in [7, 11) is 0. The van der Waals surface area contributed by atoms with Crippen molar-refractivity contribution in [3.8, 4) is 0 Å². The lowest BCUT2D eigenvalue weighted by Gasteiger charge is -2.20. The molecule has 0 aromatic heterocycles. The van der Waals surface area contributed by atoms with Gasteiger partial charge in [0.15, 0.2) is 0 Å². The number of nitrogens with zero attached hydrogens (tertiary/aromatic N) is 1. The summed E-state index contributed by atoms with van der Waals surface area (Å²) < 4.78 is 5.04. The highest BCUT2D eigenvalue weighted by Crippen LogP contribution is 1.92. The lowest BCUT2D eigenvalue weighted by molar-refractivity contribution is 0.174. The van der Waals surface area contributed by atoms with Crippen LogP contribution < -0.4 is 5.73 Å². The summed E-state index contributed by atoms with van der Waals surface area (Å²) in [5.74, 6) is 0. The van der Waals surface area contributed by atoms with Gasteiger partial charge in [0, 0.05) is 13.1 Å². The van der Waals surface area contributed by atoms with Crippen LogP contribution >= 0.6 is 24.8 Å². The van der Waals surface area contributed by atoms with E-state index in [1.807, 2.05) is 18.7 Å². The summed E-state index contributed by atoms with van der Waals surface area (Å²) in [5, 5.41) is 8.28. The number of rotatable bonds is 4. The lowest BCUT2D eigenvalue weighted by Crippen LogP contribution is -2.31. The van der Waals surface area contributed by atoms with E-state index in [9.17, 15) is 0 Å². The van der Waals surface area contributed by atoms with E-state index in [4.69, 9.17) is 26.9 Å². The Morgan fingerprint density at radius 2 is 1.93 bits per heavy atom. The number of hydrogen-bond acceptors (Lipinski definition) is 4. The Balaban J connectivity index is 0. The molecule has 3 N–H and O–H groups in total. The van der Waals surface area contributed by atoms with Gasteiger partial charge in [-0.05, 0) is 26.1 Å². The predicted molar refractivity (Wildman–Crippen MR) is 67.1 cm³/mol. The quantitative estimate of drug-likeness (QED) is 0.506. The van der Waals surface area contributed by atoms with Gasteiger partial charge in [-0.15, -0.1) is 0 Å². The van der Waals surface area contributed by atoms with Crippen LogP contribution in [0, 0.1) is 0 Å². The van der Waals surface area contributed by atoms with Gasteiger partial charge in [-0.1, -0.05) is 12.6 Å². The van der Waals surface area contributed by atoms with Crippen molar-refractivity contribution in [1.82, 2.24) is 4.90 Å². The van der Waals surface area contributed by atoms with E-state index in [1.54, 1.807) is 0 Å². The molecule has 0 aromatic rings. The second-order valence-electron chi connectivity index (χ2n) is 2.35. The van der Waals surface area contributed by atoms with Crippen LogP contribution in [0.3, 0.4) is 0 Å². The zero-order valence-electron chi connectivity index (χ0n) is 8.97. The molecule has 0 atom stereocenters. The van der Waals surface area contributed by atoms with Crippen LogP contribution in [-0.2, 0) is 4.74 Å².